The molecule has 0 N–H and O–H groups in total. The Hall–Kier alpha value is -3.26. The lowest BCUT2D eigenvalue weighted by Gasteiger charge is -2.31. The van der Waals surface area contributed by atoms with Crippen LogP contribution in [0, 0.1) is 10.1 Å². The molecule has 0 unspecified atom stereocenters. The van der Waals surface area contributed by atoms with Gasteiger partial charge in [0, 0.05) is 43.8 Å². The predicted octanol–water partition coefficient (Wildman–Crippen LogP) is 3.73. The zero-order valence-electron chi connectivity index (χ0n) is 15.9. The van der Waals surface area contributed by atoms with Gasteiger partial charge in [-0.15, -0.1) is 0 Å². The monoisotopic (exact) mass is 394 g/mol. The highest BCUT2D eigenvalue weighted by atomic mass is 16.6. The van der Waals surface area contributed by atoms with Gasteiger partial charge in [0.2, 0.25) is 11.7 Å². The van der Waals surface area contributed by atoms with Crippen molar-refractivity contribution in [3.8, 4) is 17.1 Å². The fourth-order valence-electron chi connectivity index (χ4n) is 3.40. The first-order valence-electron chi connectivity index (χ1n) is 9.69. The number of hydrogen-bond acceptors (Lipinski definition) is 7. The summed E-state index contributed by atoms with van der Waals surface area (Å²) in [7, 11) is 0. The number of hydrogen-bond donors (Lipinski definition) is 0. The third kappa shape index (κ3) is 4.97. The van der Waals surface area contributed by atoms with Crippen molar-refractivity contribution in [1.82, 2.24) is 15.0 Å². The van der Waals surface area contributed by atoms with E-state index >= 15 is 0 Å². The molecular weight excluding hydrogens is 372 g/mol. The van der Waals surface area contributed by atoms with Crippen LogP contribution in [0.1, 0.15) is 18.7 Å². The van der Waals surface area contributed by atoms with Crippen molar-refractivity contribution in [2.75, 3.05) is 19.6 Å². The van der Waals surface area contributed by atoms with Gasteiger partial charge >= 0.3 is 0 Å². The number of ether oxygens (including phenoxy) is 1. The van der Waals surface area contributed by atoms with Crippen molar-refractivity contribution in [2.24, 2.45) is 0 Å². The van der Waals surface area contributed by atoms with E-state index in [-0.39, 0.29) is 11.8 Å². The summed E-state index contributed by atoms with van der Waals surface area (Å²) in [6, 6.07) is 16.0. The summed E-state index contributed by atoms with van der Waals surface area (Å²) in [5.74, 6) is 1.94. The zero-order chi connectivity index (χ0) is 20.1. The highest BCUT2D eigenvalue weighted by Crippen LogP contribution is 2.22. The molecule has 8 heteroatoms. The first-order chi connectivity index (χ1) is 14.2. The zero-order valence-corrected chi connectivity index (χ0v) is 15.9. The van der Waals surface area contributed by atoms with Crippen LogP contribution in [-0.2, 0) is 6.42 Å². The van der Waals surface area contributed by atoms with Gasteiger partial charge < -0.3 is 14.2 Å². The molecular formula is C21H22N4O4. The summed E-state index contributed by atoms with van der Waals surface area (Å²) in [6.07, 6.45) is 2.67. The average Bonchev–Trinajstić information content (AvgIpc) is 3.23. The molecule has 2 heterocycles. The van der Waals surface area contributed by atoms with Gasteiger partial charge in [0.25, 0.3) is 5.69 Å². The Morgan fingerprint density at radius 3 is 2.52 bits per heavy atom. The average molecular weight is 394 g/mol. The summed E-state index contributed by atoms with van der Waals surface area (Å²) < 4.78 is 11.3. The second kappa shape index (κ2) is 8.83. The number of benzene rings is 2. The number of rotatable bonds is 7. The fourth-order valence-corrected chi connectivity index (χ4v) is 3.40. The first kappa shape index (κ1) is 19.1. The van der Waals surface area contributed by atoms with E-state index in [1.807, 2.05) is 30.3 Å². The second-order valence-corrected chi connectivity index (χ2v) is 7.04. The topological polar surface area (TPSA) is 94.5 Å². The van der Waals surface area contributed by atoms with Crippen LogP contribution in [0.15, 0.2) is 59.1 Å². The van der Waals surface area contributed by atoms with E-state index in [2.05, 4.69) is 15.0 Å². The van der Waals surface area contributed by atoms with Crippen LogP contribution in [0.25, 0.3) is 11.4 Å². The Labute approximate surface area is 168 Å². The fraction of sp³-hybridized carbons (Fsp3) is 0.333. The molecule has 0 saturated carbocycles. The molecule has 0 atom stereocenters. The SMILES string of the molecule is O=[N+]([O-])c1ccc(OC2CCN(CCc3nc(-c4ccccc4)no3)CC2)cc1. The molecule has 1 aromatic heterocycles. The van der Waals surface area contributed by atoms with Crippen LogP contribution >= 0.6 is 0 Å². The van der Waals surface area contributed by atoms with E-state index in [9.17, 15) is 10.1 Å². The molecule has 150 valence electrons. The third-order valence-corrected chi connectivity index (χ3v) is 5.03. The molecule has 2 aromatic carbocycles. The van der Waals surface area contributed by atoms with E-state index in [1.165, 1.54) is 12.1 Å². The third-order valence-electron chi connectivity index (χ3n) is 5.03. The van der Waals surface area contributed by atoms with Gasteiger partial charge in [-0.05, 0) is 25.0 Å². The minimum atomic E-state index is -0.408. The van der Waals surface area contributed by atoms with Crippen molar-refractivity contribution in [2.45, 2.75) is 25.4 Å². The van der Waals surface area contributed by atoms with Gasteiger partial charge in [-0.3, -0.25) is 10.1 Å². The first-order valence-corrected chi connectivity index (χ1v) is 9.69. The Morgan fingerprint density at radius 1 is 1.10 bits per heavy atom. The van der Waals surface area contributed by atoms with Crippen molar-refractivity contribution in [1.29, 1.82) is 0 Å². The second-order valence-electron chi connectivity index (χ2n) is 7.04. The van der Waals surface area contributed by atoms with E-state index in [0.29, 0.717) is 23.9 Å². The molecule has 3 aromatic rings. The molecule has 0 bridgehead atoms. The highest BCUT2D eigenvalue weighted by molar-refractivity contribution is 5.53. The number of nitrogens with zero attached hydrogens (tertiary/aromatic N) is 4. The molecule has 8 nitrogen and oxygen atoms in total. The number of aromatic nitrogens is 2. The molecule has 0 amide bonds. The van der Waals surface area contributed by atoms with Gasteiger partial charge in [0.1, 0.15) is 11.9 Å². The Morgan fingerprint density at radius 2 is 1.83 bits per heavy atom. The van der Waals surface area contributed by atoms with E-state index in [0.717, 1.165) is 38.0 Å². The van der Waals surface area contributed by atoms with E-state index in [4.69, 9.17) is 9.26 Å². The highest BCUT2D eigenvalue weighted by Gasteiger charge is 2.21. The van der Waals surface area contributed by atoms with Crippen LogP contribution in [0.3, 0.4) is 0 Å². The summed E-state index contributed by atoms with van der Waals surface area (Å²) in [5.41, 5.74) is 1.02. The van der Waals surface area contributed by atoms with Gasteiger partial charge in [-0.1, -0.05) is 35.5 Å². The lowest BCUT2D eigenvalue weighted by Crippen LogP contribution is -2.39. The molecule has 4 rings (SSSR count). The minimum Gasteiger partial charge on any atom is -0.490 e. The molecule has 1 aliphatic heterocycles. The van der Waals surface area contributed by atoms with Gasteiger partial charge in [0.05, 0.1) is 4.92 Å². The molecule has 1 aliphatic rings. The smallest absolute Gasteiger partial charge is 0.269 e. The molecule has 0 spiro atoms. The van der Waals surface area contributed by atoms with Crippen LogP contribution in [0.4, 0.5) is 5.69 Å². The summed E-state index contributed by atoms with van der Waals surface area (Å²) in [5, 5.41) is 14.8. The quantitative estimate of drug-likeness (QED) is 0.445. The number of nitro groups is 1. The molecule has 0 aliphatic carbocycles. The molecule has 1 saturated heterocycles. The maximum absolute atomic E-state index is 10.7. The van der Waals surface area contributed by atoms with Crippen molar-refractivity contribution < 1.29 is 14.2 Å². The summed E-state index contributed by atoms with van der Waals surface area (Å²) in [4.78, 5) is 17.2. The van der Waals surface area contributed by atoms with E-state index < -0.39 is 4.92 Å². The normalized spacial score (nSPS) is 15.3. The number of likely N-dealkylation sites (tertiary alicyclic amines) is 1. The maximum atomic E-state index is 10.7. The van der Waals surface area contributed by atoms with E-state index in [1.54, 1.807) is 12.1 Å². The Kier molecular flexibility index (Phi) is 5.81. The largest absolute Gasteiger partial charge is 0.490 e. The number of piperidine rings is 1. The molecule has 1 fully saturated rings. The number of nitro benzene ring substituents is 1. The summed E-state index contributed by atoms with van der Waals surface area (Å²) >= 11 is 0. The van der Waals surface area contributed by atoms with Gasteiger partial charge in [-0.2, -0.15) is 4.98 Å². The van der Waals surface area contributed by atoms with Crippen LogP contribution in [0.2, 0.25) is 0 Å². The molecule has 29 heavy (non-hydrogen) atoms. The minimum absolute atomic E-state index is 0.0728. The predicted molar refractivity (Wildman–Crippen MR) is 107 cm³/mol. The van der Waals surface area contributed by atoms with Gasteiger partial charge in [0.15, 0.2) is 0 Å². The standard InChI is InChI=1S/C21H22N4O4/c26-25(27)17-6-8-18(9-7-17)28-19-10-13-24(14-11-19)15-12-20-22-21(23-29-20)16-4-2-1-3-5-16/h1-9,19H,10-15H2. The van der Waals surface area contributed by atoms with Crippen molar-refractivity contribution >= 4 is 5.69 Å². The van der Waals surface area contributed by atoms with Gasteiger partial charge in [-0.25, -0.2) is 0 Å². The Balaban J connectivity index is 1.22. The summed E-state index contributed by atoms with van der Waals surface area (Å²) in [6.45, 7) is 2.72. The van der Waals surface area contributed by atoms with Crippen LogP contribution in [-0.4, -0.2) is 45.7 Å². The van der Waals surface area contributed by atoms with Crippen LogP contribution < -0.4 is 4.74 Å². The number of non-ortho nitro benzene ring substituents is 1. The Bertz CT molecular complexity index is 935. The van der Waals surface area contributed by atoms with Crippen molar-refractivity contribution in [3.05, 3.63) is 70.6 Å². The maximum Gasteiger partial charge on any atom is 0.269 e. The lowest BCUT2D eigenvalue weighted by atomic mass is 10.1. The lowest BCUT2D eigenvalue weighted by molar-refractivity contribution is -0.384. The molecule has 0 radical (unpaired) electrons. The van der Waals surface area contributed by atoms with Crippen LogP contribution in [0.5, 0.6) is 5.75 Å². The van der Waals surface area contributed by atoms with Crippen molar-refractivity contribution in [3.63, 3.8) is 0 Å².